The maximum absolute atomic E-state index is 5.07. The second-order valence-electron chi connectivity index (χ2n) is 6.69. The Kier molecular flexibility index (Phi) is 4.49. The third kappa shape index (κ3) is 3.12. The van der Waals surface area contributed by atoms with Crippen LogP contribution in [0.3, 0.4) is 0 Å². The van der Waals surface area contributed by atoms with Crippen molar-refractivity contribution in [1.82, 2.24) is 9.97 Å². The van der Waals surface area contributed by atoms with Gasteiger partial charge in [0, 0.05) is 14.7 Å². The molecule has 1 heterocycles. The minimum atomic E-state index is 0.937. The fourth-order valence-electron chi connectivity index (χ4n) is 3.11. The molecule has 3 aromatic carbocycles. The number of rotatable bonds is 2. The molecule has 1 aromatic heterocycles. The topological polar surface area (TPSA) is 25.8 Å². The van der Waals surface area contributed by atoms with Gasteiger partial charge in [0.1, 0.15) is 0 Å². The molecule has 26 heavy (non-hydrogen) atoms. The van der Waals surface area contributed by atoms with Crippen molar-refractivity contribution in [3.63, 3.8) is 0 Å². The third-order valence-corrected chi connectivity index (χ3v) is 5.39. The lowest BCUT2D eigenvalue weighted by Gasteiger charge is -2.13. The molecular weight excluding hydrogens is 431 g/mol. The van der Waals surface area contributed by atoms with Crippen molar-refractivity contribution in [1.29, 1.82) is 0 Å². The molecule has 0 unspecified atom stereocenters. The van der Waals surface area contributed by atoms with E-state index in [1.807, 2.05) is 0 Å². The van der Waals surface area contributed by atoms with Gasteiger partial charge in [-0.25, -0.2) is 9.97 Å². The number of hydrogen-bond acceptors (Lipinski definition) is 2. The predicted octanol–water partition coefficient (Wildman–Crippen LogP) is 6.49. The van der Waals surface area contributed by atoms with E-state index in [4.69, 9.17) is 9.97 Å². The standard InChI is InChI=1S/C23H19IN2/c1-14-4-8-17(9-5-14)22-23(18-10-12-19(24)13-11-18)26-21-16(3)7-6-15(2)20(21)25-22/h4-13H,1-3H3. The van der Waals surface area contributed by atoms with Crippen LogP contribution in [-0.2, 0) is 0 Å². The molecule has 0 amide bonds. The Labute approximate surface area is 167 Å². The fourth-order valence-corrected chi connectivity index (χ4v) is 3.47. The van der Waals surface area contributed by atoms with Crippen molar-refractivity contribution in [2.45, 2.75) is 20.8 Å². The highest BCUT2D eigenvalue weighted by Crippen LogP contribution is 2.33. The highest BCUT2D eigenvalue weighted by atomic mass is 127. The lowest BCUT2D eigenvalue weighted by Crippen LogP contribution is -1.98. The van der Waals surface area contributed by atoms with E-state index in [-0.39, 0.29) is 0 Å². The summed E-state index contributed by atoms with van der Waals surface area (Å²) in [6.45, 7) is 6.29. The number of aryl methyl sites for hydroxylation is 3. The Morgan fingerprint density at radius 1 is 0.577 bits per heavy atom. The summed E-state index contributed by atoms with van der Waals surface area (Å²) < 4.78 is 1.21. The van der Waals surface area contributed by atoms with Crippen LogP contribution >= 0.6 is 22.6 Å². The molecule has 0 saturated heterocycles. The van der Waals surface area contributed by atoms with E-state index < -0.39 is 0 Å². The summed E-state index contributed by atoms with van der Waals surface area (Å²) in [5.41, 5.74) is 9.57. The molecule has 0 bridgehead atoms. The van der Waals surface area contributed by atoms with Gasteiger partial charge in [-0.2, -0.15) is 0 Å². The van der Waals surface area contributed by atoms with Gasteiger partial charge in [0.15, 0.2) is 0 Å². The minimum absolute atomic E-state index is 0.937. The fraction of sp³-hybridized carbons (Fsp3) is 0.130. The van der Waals surface area contributed by atoms with E-state index in [2.05, 4.69) is 104 Å². The zero-order valence-corrected chi connectivity index (χ0v) is 17.2. The molecule has 4 aromatic rings. The van der Waals surface area contributed by atoms with Gasteiger partial charge < -0.3 is 0 Å². The molecule has 0 spiro atoms. The SMILES string of the molecule is Cc1ccc(-c2nc3c(C)ccc(C)c3nc2-c2ccc(I)cc2)cc1. The first-order valence-corrected chi connectivity index (χ1v) is 9.72. The van der Waals surface area contributed by atoms with Gasteiger partial charge in [-0.05, 0) is 66.6 Å². The van der Waals surface area contributed by atoms with E-state index in [1.54, 1.807) is 0 Å². The average Bonchev–Trinajstić information content (AvgIpc) is 2.65. The second kappa shape index (κ2) is 6.80. The van der Waals surface area contributed by atoms with Gasteiger partial charge in [-0.3, -0.25) is 0 Å². The molecule has 0 aliphatic heterocycles. The van der Waals surface area contributed by atoms with Crippen molar-refractivity contribution in [2.75, 3.05) is 0 Å². The second-order valence-corrected chi connectivity index (χ2v) is 7.94. The van der Waals surface area contributed by atoms with Crippen LogP contribution in [-0.4, -0.2) is 9.97 Å². The van der Waals surface area contributed by atoms with Crippen LogP contribution in [0, 0.1) is 24.3 Å². The molecule has 0 fully saturated rings. The number of hydrogen-bond donors (Lipinski definition) is 0. The number of nitrogens with zero attached hydrogens (tertiary/aromatic N) is 2. The van der Waals surface area contributed by atoms with Crippen molar-refractivity contribution >= 4 is 33.6 Å². The zero-order valence-electron chi connectivity index (χ0n) is 15.0. The van der Waals surface area contributed by atoms with Gasteiger partial charge in [-0.1, -0.05) is 54.1 Å². The largest absolute Gasteiger partial charge is 0.244 e. The van der Waals surface area contributed by atoms with Crippen molar-refractivity contribution in [3.05, 3.63) is 80.9 Å². The van der Waals surface area contributed by atoms with Gasteiger partial charge >= 0.3 is 0 Å². The monoisotopic (exact) mass is 450 g/mol. The summed E-state index contributed by atoms with van der Waals surface area (Å²) in [7, 11) is 0. The molecule has 4 rings (SSSR count). The summed E-state index contributed by atoms with van der Waals surface area (Å²) in [5, 5.41) is 0. The third-order valence-electron chi connectivity index (χ3n) is 4.67. The maximum Gasteiger partial charge on any atom is 0.0973 e. The molecule has 0 aliphatic carbocycles. The Morgan fingerprint density at radius 2 is 1.00 bits per heavy atom. The van der Waals surface area contributed by atoms with Gasteiger partial charge in [0.2, 0.25) is 0 Å². The quantitative estimate of drug-likeness (QED) is 0.326. The van der Waals surface area contributed by atoms with Crippen molar-refractivity contribution in [2.24, 2.45) is 0 Å². The van der Waals surface area contributed by atoms with Gasteiger partial charge in [0.05, 0.1) is 22.4 Å². The first-order valence-electron chi connectivity index (χ1n) is 8.64. The van der Waals surface area contributed by atoms with Crippen LogP contribution in [0.4, 0.5) is 0 Å². The number of benzene rings is 3. The highest BCUT2D eigenvalue weighted by Gasteiger charge is 2.15. The van der Waals surface area contributed by atoms with E-state index in [0.29, 0.717) is 0 Å². The van der Waals surface area contributed by atoms with Crippen LogP contribution in [0.15, 0.2) is 60.7 Å². The van der Waals surface area contributed by atoms with Crippen LogP contribution in [0.5, 0.6) is 0 Å². The molecule has 0 saturated carbocycles. The minimum Gasteiger partial charge on any atom is -0.244 e. The Hall–Kier alpha value is -2.27. The normalized spacial score (nSPS) is 11.1. The first-order chi connectivity index (χ1) is 12.5. The van der Waals surface area contributed by atoms with E-state index in [9.17, 15) is 0 Å². The Balaban J connectivity index is 2.06. The van der Waals surface area contributed by atoms with Crippen LogP contribution in [0.2, 0.25) is 0 Å². The number of aromatic nitrogens is 2. The Bertz CT molecular complexity index is 1010. The lowest BCUT2D eigenvalue weighted by molar-refractivity contribution is 1.25. The maximum atomic E-state index is 5.07. The van der Waals surface area contributed by atoms with Gasteiger partial charge in [0.25, 0.3) is 0 Å². The number of fused-ring (bicyclic) bond motifs is 1. The Morgan fingerprint density at radius 3 is 1.46 bits per heavy atom. The molecule has 2 nitrogen and oxygen atoms in total. The van der Waals surface area contributed by atoms with Crippen LogP contribution in [0.1, 0.15) is 16.7 Å². The van der Waals surface area contributed by atoms with Crippen LogP contribution < -0.4 is 0 Å². The van der Waals surface area contributed by atoms with Gasteiger partial charge in [-0.15, -0.1) is 0 Å². The summed E-state index contributed by atoms with van der Waals surface area (Å²) in [6.07, 6.45) is 0. The smallest absolute Gasteiger partial charge is 0.0973 e. The summed E-state index contributed by atoms with van der Waals surface area (Å²) in [4.78, 5) is 10.1. The van der Waals surface area contributed by atoms with E-state index in [1.165, 1.54) is 9.13 Å². The van der Waals surface area contributed by atoms with E-state index >= 15 is 0 Å². The van der Waals surface area contributed by atoms with Crippen molar-refractivity contribution in [3.8, 4) is 22.5 Å². The summed E-state index contributed by atoms with van der Waals surface area (Å²) in [6, 6.07) is 21.2. The molecule has 0 radical (unpaired) electrons. The highest BCUT2D eigenvalue weighted by molar-refractivity contribution is 14.1. The van der Waals surface area contributed by atoms with E-state index in [0.717, 1.165) is 44.7 Å². The lowest BCUT2D eigenvalue weighted by atomic mass is 10.0. The predicted molar refractivity (Wildman–Crippen MR) is 117 cm³/mol. The molecule has 3 heteroatoms. The first kappa shape index (κ1) is 17.2. The molecule has 0 atom stereocenters. The average molecular weight is 450 g/mol. The molecule has 128 valence electrons. The summed E-state index contributed by atoms with van der Waals surface area (Å²) >= 11 is 2.33. The molecular formula is C23H19IN2. The number of halogens is 1. The molecule has 0 N–H and O–H groups in total. The molecule has 0 aliphatic rings. The zero-order chi connectivity index (χ0) is 18.3. The van der Waals surface area contributed by atoms with Crippen LogP contribution in [0.25, 0.3) is 33.5 Å². The summed E-state index contributed by atoms with van der Waals surface area (Å²) in [5.74, 6) is 0. The van der Waals surface area contributed by atoms with Crippen molar-refractivity contribution < 1.29 is 0 Å².